The maximum atomic E-state index is 13.3. The van der Waals surface area contributed by atoms with Crippen molar-refractivity contribution in [1.82, 2.24) is 5.32 Å². The van der Waals surface area contributed by atoms with E-state index in [1.165, 1.54) is 17.0 Å². The minimum Gasteiger partial charge on any atom is -0.494 e. The summed E-state index contributed by atoms with van der Waals surface area (Å²) in [7, 11) is 0. The number of hydrogen-bond acceptors (Lipinski definition) is 3. The Balaban J connectivity index is 1.60. The van der Waals surface area contributed by atoms with Crippen LogP contribution in [0.25, 0.3) is 0 Å². The van der Waals surface area contributed by atoms with E-state index in [1.54, 1.807) is 0 Å². The molecule has 5 nitrogen and oxygen atoms in total. The van der Waals surface area contributed by atoms with E-state index >= 15 is 0 Å². The zero-order chi connectivity index (χ0) is 19.8. The first-order valence-electron chi connectivity index (χ1n) is 9.61. The molecule has 3 rings (SSSR count). The number of ether oxygens (including phenoxy) is 2. The Morgan fingerprint density at radius 3 is 2.46 bits per heavy atom. The highest BCUT2D eigenvalue weighted by atomic mass is 32.1. The highest BCUT2D eigenvalue weighted by Gasteiger charge is 2.26. The molecule has 1 atom stereocenters. The van der Waals surface area contributed by atoms with Crippen LogP contribution in [0.3, 0.4) is 0 Å². The van der Waals surface area contributed by atoms with E-state index in [9.17, 15) is 4.39 Å². The number of rotatable bonds is 7. The van der Waals surface area contributed by atoms with Gasteiger partial charge in [0, 0.05) is 11.3 Å². The van der Waals surface area contributed by atoms with Crippen molar-refractivity contribution < 1.29 is 18.8 Å². The zero-order valence-corrected chi connectivity index (χ0v) is 16.9. The van der Waals surface area contributed by atoms with Crippen LogP contribution in [-0.2, 0) is 4.74 Å². The van der Waals surface area contributed by atoms with E-state index in [0.717, 1.165) is 43.3 Å². The Kier molecular flexibility index (Phi) is 7.59. The van der Waals surface area contributed by atoms with E-state index in [0.29, 0.717) is 18.3 Å². The van der Waals surface area contributed by atoms with Crippen LogP contribution in [0.4, 0.5) is 10.1 Å². The Hall–Kier alpha value is -2.22. The Morgan fingerprint density at radius 1 is 1.14 bits per heavy atom. The van der Waals surface area contributed by atoms with Crippen molar-refractivity contribution in [3.63, 3.8) is 0 Å². The lowest BCUT2D eigenvalue weighted by molar-refractivity contribution is -0.937. The zero-order valence-electron chi connectivity index (χ0n) is 16.0. The number of morpholine rings is 1. The third kappa shape index (κ3) is 5.89. The second-order valence-electron chi connectivity index (χ2n) is 6.67. The molecule has 3 N–H and O–H groups in total. The summed E-state index contributed by atoms with van der Waals surface area (Å²) in [6.45, 7) is 6.57. The SMILES string of the molecule is CCOc1ccc(NC(=S)NC[C@H](c2ccc(F)cc2)[NH+]2CCOCC2)cc1. The van der Waals surface area contributed by atoms with Crippen molar-refractivity contribution in [2.75, 3.05) is 44.8 Å². The van der Waals surface area contributed by atoms with Crippen LogP contribution in [-0.4, -0.2) is 44.6 Å². The van der Waals surface area contributed by atoms with Gasteiger partial charge in [-0.3, -0.25) is 0 Å². The Bertz CT molecular complexity index is 749. The molecule has 1 aliphatic rings. The molecule has 150 valence electrons. The van der Waals surface area contributed by atoms with Gasteiger partial charge in [-0.15, -0.1) is 0 Å². The summed E-state index contributed by atoms with van der Waals surface area (Å²) in [4.78, 5) is 1.41. The van der Waals surface area contributed by atoms with Gasteiger partial charge in [-0.25, -0.2) is 4.39 Å². The first-order chi connectivity index (χ1) is 13.7. The Labute approximate surface area is 170 Å². The molecular formula is C21H27FN3O2S+. The van der Waals surface area contributed by atoms with Gasteiger partial charge < -0.3 is 25.0 Å². The van der Waals surface area contributed by atoms with Gasteiger partial charge in [0.1, 0.15) is 30.7 Å². The predicted molar refractivity (Wildman–Crippen MR) is 112 cm³/mol. The van der Waals surface area contributed by atoms with Crippen molar-refractivity contribution in [2.45, 2.75) is 13.0 Å². The first-order valence-corrected chi connectivity index (χ1v) is 10.0. The number of quaternary nitrogens is 1. The fraction of sp³-hybridized carbons (Fsp3) is 0.381. The van der Waals surface area contributed by atoms with E-state index in [2.05, 4.69) is 10.6 Å². The van der Waals surface area contributed by atoms with Crippen LogP contribution in [0.2, 0.25) is 0 Å². The van der Waals surface area contributed by atoms with E-state index in [-0.39, 0.29) is 11.9 Å². The van der Waals surface area contributed by atoms with Gasteiger partial charge in [0.15, 0.2) is 5.11 Å². The monoisotopic (exact) mass is 404 g/mol. The summed E-state index contributed by atoms with van der Waals surface area (Å²) < 4.78 is 24.3. The number of nitrogens with one attached hydrogen (secondary N) is 3. The minimum atomic E-state index is -0.222. The first kappa shape index (κ1) is 20.5. The smallest absolute Gasteiger partial charge is 0.171 e. The average Bonchev–Trinajstić information content (AvgIpc) is 2.72. The highest BCUT2D eigenvalue weighted by molar-refractivity contribution is 7.80. The quantitative estimate of drug-likeness (QED) is 0.618. The number of thiocarbonyl (C=S) groups is 1. The summed E-state index contributed by atoms with van der Waals surface area (Å²) in [5.41, 5.74) is 1.99. The molecule has 0 spiro atoms. The molecule has 7 heteroatoms. The van der Waals surface area contributed by atoms with Crippen LogP contribution < -0.4 is 20.3 Å². The van der Waals surface area contributed by atoms with Crippen LogP contribution in [0.15, 0.2) is 48.5 Å². The van der Waals surface area contributed by atoms with Gasteiger partial charge in [0.25, 0.3) is 0 Å². The molecule has 0 amide bonds. The van der Waals surface area contributed by atoms with Crippen LogP contribution >= 0.6 is 12.2 Å². The number of anilines is 1. The predicted octanol–water partition coefficient (Wildman–Crippen LogP) is 2.17. The highest BCUT2D eigenvalue weighted by Crippen LogP contribution is 2.16. The summed E-state index contributed by atoms with van der Waals surface area (Å²) >= 11 is 5.46. The molecule has 0 bridgehead atoms. The molecule has 1 fully saturated rings. The second-order valence-corrected chi connectivity index (χ2v) is 7.08. The number of hydrogen-bond donors (Lipinski definition) is 3. The molecule has 0 unspecified atom stereocenters. The second kappa shape index (κ2) is 10.4. The molecule has 1 heterocycles. The lowest BCUT2D eigenvalue weighted by Crippen LogP contribution is -3.15. The number of halogens is 1. The van der Waals surface area contributed by atoms with Crippen molar-refractivity contribution in [3.8, 4) is 5.75 Å². The van der Waals surface area contributed by atoms with Gasteiger partial charge in [0.2, 0.25) is 0 Å². The summed E-state index contributed by atoms with van der Waals surface area (Å²) in [5, 5.41) is 7.08. The molecule has 2 aromatic carbocycles. The molecular weight excluding hydrogens is 377 g/mol. The molecule has 2 aromatic rings. The van der Waals surface area contributed by atoms with Crippen molar-refractivity contribution >= 4 is 23.0 Å². The fourth-order valence-corrected chi connectivity index (χ4v) is 3.55. The molecule has 1 aliphatic heterocycles. The topological polar surface area (TPSA) is 47.0 Å². The third-order valence-electron chi connectivity index (χ3n) is 4.79. The van der Waals surface area contributed by atoms with Gasteiger partial charge in [-0.05, 0) is 55.5 Å². The minimum absolute atomic E-state index is 0.171. The van der Waals surface area contributed by atoms with Crippen LogP contribution in [0.5, 0.6) is 5.75 Å². The van der Waals surface area contributed by atoms with Gasteiger partial charge in [-0.1, -0.05) is 12.1 Å². The largest absolute Gasteiger partial charge is 0.494 e. The molecule has 28 heavy (non-hydrogen) atoms. The van der Waals surface area contributed by atoms with Gasteiger partial charge >= 0.3 is 0 Å². The fourth-order valence-electron chi connectivity index (χ4n) is 3.35. The maximum absolute atomic E-state index is 13.3. The van der Waals surface area contributed by atoms with Gasteiger partial charge in [-0.2, -0.15) is 0 Å². The van der Waals surface area contributed by atoms with E-state index in [1.807, 2.05) is 43.3 Å². The van der Waals surface area contributed by atoms with Crippen molar-refractivity contribution in [3.05, 3.63) is 59.9 Å². The average molecular weight is 405 g/mol. The van der Waals surface area contributed by atoms with Crippen molar-refractivity contribution in [1.29, 1.82) is 0 Å². The standard InChI is InChI=1S/C21H26FN3O2S/c1-2-27-19-9-7-18(8-10-19)24-21(28)23-15-20(25-11-13-26-14-12-25)16-3-5-17(22)6-4-16/h3-10,20H,2,11-15H2,1H3,(H2,23,24,28)/p+1/t20-/m1/s1. The van der Waals surface area contributed by atoms with E-state index < -0.39 is 0 Å². The maximum Gasteiger partial charge on any atom is 0.171 e. The van der Waals surface area contributed by atoms with Crippen LogP contribution in [0.1, 0.15) is 18.5 Å². The molecule has 0 radical (unpaired) electrons. The molecule has 0 aromatic heterocycles. The molecule has 1 saturated heterocycles. The molecule has 0 aliphatic carbocycles. The molecule has 0 saturated carbocycles. The van der Waals surface area contributed by atoms with Crippen molar-refractivity contribution in [2.24, 2.45) is 0 Å². The summed E-state index contributed by atoms with van der Waals surface area (Å²) in [5.74, 6) is 0.611. The lowest BCUT2D eigenvalue weighted by atomic mass is 10.0. The Morgan fingerprint density at radius 2 is 1.82 bits per heavy atom. The third-order valence-corrected chi connectivity index (χ3v) is 5.04. The summed E-state index contributed by atoms with van der Waals surface area (Å²) in [6, 6.07) is 14.6. The van der Waals surface area contributed by atoms with Gasteiger partial charge in [0.05, 0.1) is 26.4 Å². The number of benzene rings is 2. The van der Waals surface area contributed by atoms with E-state index in [4.69, 9.17) is 21.7 Å². The lowest BCUT2D eigenvalue weighted by Gasteiger charge is -2.32. The normalized spacial score (nSPS) is 15.6. The summed E-state index contributed by atoms with van der Waals surface area (Å²) in [6.07, 6.45) is 0. The van der Waals surface area contributed by atoms with Crippen LogP contribution in [0, 0.1) is 5.82 Å².